The van der Waals surface area contributed by atoms with E-state index in [-0.39, 0.29) is 18.3 Å². The number of likely N-dealkylation sites (tertiary alicyclic amines) is 1. The molecule has 0 bridgehead atoms. The van der Waals surface area contributed by atoms with Crippen molar-refractivity contribution in [3.63, 3.8) is 0 Å². The first-order valence-electron chi connectivity index (χ1n) is 9.81. The largest absolute Gasteiger partial charge is 0.338 e. The Kier molecular flexibility index (Phi) is 6.72. The van der Waals surface area contributed by atoms with E-state index in [4.69, 9.17) is 5.10 Å². The van der Waals surface area contributed by atoms with Crippen LogP contribution >= 0.6 is 12.4 Å². The maximum absolute atomic E-state index is 13.3. The van der Waals surface area contributed by atoms with Gasteiger partial charge in [0.05, 0.1) is 11.3 Å². The third kappa shape index (κ3) is 4.52. The summed E-state index contributed by atoms with van der Waals surface area (Å²) in [5.74, 6) is 0.581. The van der Waals surface area contributed by atoms with Gasteiger partial charge in [-0.15, -0.1) is 12.4 Å². The van der Waals surface area contributed by atoms with E-state index in [9.17, 15) is 4.79 Å². The standard InChI is InChI=1S/C23H26N4O.ClH/c1-17-8-10-20(11-9-17)27-16-21(22(25-27)19-6-4-3-5-7-19)23(28)26-13-12-18(15-26)14-24-2;/h3-11,16,18,24H,12-15H2,1-2H3;1H. The third-order valence-corrected chi connectivity index (χ3v) is 5.36. The van der Waals surface area contributed by atoms with Crippen LogP contribution in [-0.4, -0.2) is 47.3 Å². The van der Waals surface area contributed by atoms with Gasteiger partial charge in [-0.25, -0.2) is 4.68 Å². The predicted octanol–water partition coefficient (Wildman–Crippen LogP) is 3.95. The van der Waals surface area contributed by atoms with E-state index in [2.05, 4.69) is 24.4 Å². The number of nitrogens with zero attached hydrogens (tertiary/aromatic N) is 3. The quantitative estimate of drug-likeness (QED) is 0.692. The van der Waals surface area contributed by atoms with Gasteiger partial charge in [-0.1, -0.05) is 48.0 Å². The van der Waals surface area contributed by atoms with Gasteiger partial charge in [0.15, 0.2) is 0 Å². The number of hydrogen-bond acceptors (Lipinski definition) is 3. The Labute approximate surface area is 178 Å². The molecule has 1 saturated heterocycles. The number of benzene rings is 2. The van der Waals surface area contributed by atoms with Crippen LogP contribution in [0.1, 0.15) is 22.3 Å². The SMILES string of the molecule is CNCC1CCN(C(=O)c2cn(-c3ccc(C)cc3)nc2-c2ccccc2)C1.Cl. The van der Waals surface area contributed by atoms with Crippen molar-refractivity contribution in [2.75, 3.05) is 26.7 Å². The molecule has 1 aliphatic heterocycles. The number of hydrogen-bond donors (Lipinski definition) is 1. The van der Waals surface area contributed by atoms with Crippen LogP contribution in [0.15, 0.2) is 60.8 Å². The third-order valence-electron chi connectivity index (χ3n) is 5.36. The second-order valence-electron chi connectivity index (χ2n) is 7.50. The number of rotatable bonds is 5. The Morgan fingerprint density at radius 2 is 1.86 bits per heavy atom. The summed E-state index contributed by atoms with van der Waals surface area (Å²) in [5, 5.41) is 8.01. The van der Waals surface area contributed by atoms with E-state index in [0.29, 0.717) is 11.5 Å². The van der Waals surface area contributed by atoms with Crippen LogP contribution < -0.4 is 5.32 Å². The highest BCUT2D eigenvalue weighted by Crippen LogP contribution is 2.27. The molecule has 2 heterocycles. The van der Waals surface area contributed by atoms with Crippen LogP contribution in [0, 0.1) is 12.8 Å². The van der Waals surface area contributed by atoms with Gasteiger partial charge < -0.3 is 10.2 Å². The lowest BCUT2D eigenvalue weighted by Crippen LogP contribution is -2.30. The van der Waals surface area contributed by atoms with Crippen molar-refractivity contribution >= 4 is 18.3 Å². The molecular weight excluding hydrogens is 384 g/mol. The Morgan fingerprint density at radius 3 is 2.55 bits per heavy atom. The number of aromatic nitrogens is 2. The molecule has 0 saturated carbocycles. The second-order valence-corrected chi connectivity index (χ2v) is 7.50. The fourth-order valence-electron chi connectivity index (χ4n) is 3.81. The van der Waals surface area contributed by atoms with Gasteiger partial charge in [0.2, 0.25) is 0 Å². The van der Waals surface area contributed by atoms with Gasteiger partial charge in [-0.05, 0) is 45.0 Å². The number of carbonyl (C=O) groups excluding carboxylic acids is 1. The minimum atomic E-state index is 0. The summed E-state index contributed by atoms with van der Waals surface area (Å²) in [6.07, 6.45) is 2.92. The summed E-state index contributed by atoms with van der Waals surface area (Å²) in [7, 11) is 1.96. The van der Waals surface area contributed by atoms with E-state index < -0.39 is 0 Å². The monoisotopic (exact) mass is 410 g/mol. The first-order chi connectivity index (χ1) is 13.7. The smallest absolute Gasteiger partial charge is 0.257 e. The lowest BCUT2D eigenvalue weighted by Gasteiger charge is -2.16. The van der Waals surface area contributed by atoms with Crippen molar-refractivity contribution in [2.24, 2.45) is 5.92 Å². The number of aryl methyl sites for hydroxylation is 1. The van der Waals surface area contributed by atoms with Crippen LogP contribution in [0.25, 0.3) is 16.9 Å². The zero-order valence-corrected chi connectivity index (χ0v) is 17.7. The van der Waals surface area contributed by atoms with Crippen molar-refractivity contribution in [1.29, 1.82) is 0 Å². The molecular formula is C23H27ClN4O. The first-order valence-corrected chi connectivity index (χ1v) is 9.81. The van der Waals surface area contributed by atoms with Crippen LogP contribution in [-0.2, 0) is 0 Å². The zero-order chi connectivity index (χ0) is 19.5. The van der Waals surface area contributed by atoms with Gasteiger partial charge >= 0.3 is 0 Å². The summed E-state index contributed by atoms with van der Waals surface area (Å²) in [6, 6.07) is 18.1. The number of carbonyl (C=O) groups is 1. The fraction of sp³-hybridized carbons (Fsp3) is 0.304. The molecule has 0 radical (unpaired) electrons. The van der Waals surface area contributed by atoms with E-state index >= 15 is 0 Å². The first kappa shape index (κ1) is 21.1. The minimum absolute atomic E-state index is 0. The molecule has 1 atom stereocenters. The van der Waals surface area contributed by atoms with Crippen LogP contribution in [0.5, 0.6) is 0 Å². The Balaban J connectivity index is 0.00000240. The highest BCUT2D eigenvalue weighted by atomic mass is 35.5. The van der Waals surface area contributed by atoms with Gasteiger partial charge in [0, 0.05) is 24.8 Å². The Hall–Kier alpha value is -2.63. The van der Waals surface area contributed by atoms with Gasteiger partial charge in [0.25, 0.3) is 5.91 Å². The van der Waals surface area contributed by atoms with E-state index in [1.165, 1.54) is 5.56 Å². The van der Waals surface area contributed by atoms with Crippen LogP contribution in [0.2, 0.25) is 0 Å². The molecule has 1 unspecified atom stereocenters. The lowest BCUT2D eigenvalue weighted by molar-refractivity contribution is 0.0788. The van der Waals surface area contributed by atoms with Crippen molar-refractivity contribution in [1.82, 2.24) is 20.0 Å². The maximum atomic E-state index is 13.3. The topological polar surface area (TPSA) is 50.2 Å². The number of nitrogens with one attached hydrogen (secondary N) is 1. The maximum Gasteiger partial charge on any atom is 0.257 e. The molecule has 29 heavy (non-hydrogen) atoms. The van der Waals surface area contributed by atoms with E-state index in [0.717, 1.165) is 43.0 Å². The molecule has 4 rings (SSSR count). The summed E-state index contributed by atoms with van der Waals surface area (Å²) >= 11 is 0. The summed E-state index contributed by atoms with van der Waals surface area (Å²) < 4.78 is 1.82. The molecule has 5 nitrogen and oxygen atoms in total. The normalized spacial score (nSPS) is 15.9. The van der Waals surface area contributed by atoms with Gasteiger partial charge in [-0.3, -0.25) is 4.79 Å². The van der Waals surface area contributed by atoms with Crippen molar-refractivity contribution < 1.29 is 4.79 Å². The van der Waals surface area contributed by atoms with Crippen molar-refractivity contribution in [3.8, 4) is 16.9 Å². The molecule has 2 aromatic carbocycles. The van der Waals surface area contributed by atoms with Gasteiger partial charge in [-0.2, -0.15) is 5.10 Å². The molecule has 0 spiro atoms. The van der Waals surface area contributed by atoms with Crippen molar-refractivity contribution in [3.05, 3.63) is 71.9 Å². The number of halogens is 1. The summed E-state index contributed by atoms with van der Waals surface area (Å²) in [5.41, 5.74) is 4.52. The molecule has 1 aromatic heterocycles. The highest BCUT2D eigenvalue weighted by Gasteiger charge is 2.29. The minimum Gasteiger partial charge on any atom is -0.338 e. The molecule has 0 aliphatic carbocycles. The second kappa shape index (κ2) is 9.25. The average Bonchev–Trinajstić information content (AvgIpc) is 3.37. The highest BCUT2D eigenvalue weighted by molar-refractivity contribution is 6.00. The average molecular weight is 411 g/mol. The Morgan fingerprint density at radius 1 is 1.14 bits per heavy atom. The Bertz CT molecular complexity index is 953. The molecule has 152 valence electrons. The zero-order valence-electron chi connectivity index (χ0n) is 16.8. The van der Waals surface area contributed by atoms with Crippen LogP contribution in [0.4, 0.5) is 0 Å². The van der Waals surface area contributed by atoms with Crippen LogP contribution in [0.3, 0.4) is 0 Å². The molecule has 3 aromatic rings. The van der Waals surface area contributed by atoms with Gasteiger partial charge in [0.1, 0.15) is 5.69 Å². The fourth-order valence-corrected chi connectivity index (χ4v) is 3.81. The molecule has 6 heteroatoms. The van der Waals surface area contributed by atoms with E-state index in [1.54, 1.807) is 0 Å². The van der Waals surface area contributed by atoms with E-state index in [1.807, 2.05) is 65.3 Å². The van der Waals surface area contributed by atoms with Crippen molar-refractivity contribution in [2.45, 2.75) is 13.3 Å². The summed E-state index contributed by atoms with van der Waals surface area (Å²) in [4.78, 5) is 15.3. The molecule has 1 aliphatic rings. The molecule has 1 N–H and O–H groups in total. The molecule has 1 fully saturated rings. The predicted molar refractivity (Wildman–Crippen MR) is 119 cm³/mol. The summed E-state index contributed by atoms with van der Waals surface area (Å²) in [6.45, 7) is 4.60. The lowest BCUT2D eigenvalue weighted by atomic mass is 10.1. The number of amides is 1. The molecule has 1 amide bonds.